The highest BCUT2D eigenvalue weighted by atomic mass is 19.3. The molecule has 0 aliphatic carbocycles. The summed E-state index contributed by atoms with van der Waals surface area (Å²) in [4.78, 5) is 0. The fraction of sp³-hybridized carbons (Fsp3) is 0.400. The number of anilines is 1. The zero-order valence-corrected chi connectivity index (χ0v) is 5.14. The van der Waals surface area contributed by atoms with Gasteiger partial charge in [0.05, 0.1) is 18.4 Å². The van der Waals surface area contributed by atoms with Crippen LogP contribution in [0.1, 0.15) is 1.43 Å². The van der Waals surface area contributed by atoms with E-state index in [0.717, 1.165) is 0 Å². The van der Waals surface area contributed by atoms with Gasteiger partial charge in [-0.3, -0.25) is 5.10 Å². The normalized spacial score (nSPS) is 10.3. The number of alkyl halides is 2. The summed E-state index contributed by atoms with van der Waals surface area (Å²) in [5, 5.41) is 8.54. The second-order valence-electron chi connectivity index (χ2n) is 1.76. The maximum Gasteiger partial charge on any atom is 0.255 e. The molecule has 0 amide bonds. The predicted octanol–water partition coefficient (Wildman–Crippen LogP) is 1.33. The highest BCUT2D eigenvalue weighted by molar-refractivity contribution is 5.37. The molecule has 0 aromatic carbocycles. The summed E-state index contributed by atoms with van der Waals surface area (Å²) in [5.41, 5.74) is 0.584. The summed E-state index contributed by atoms with van der Waals surface area (Å²) in [7, 11) is 0. The molecule has 3 nitrogen and oxygen atoms in total. The van der Waals surface area contributed by atoms with Gasteiger partial charge in [-0.15, -0.1) is 0 Å². The van der Waals surface area contributed by atoms with Crippen LogP contribution in [-0.4, -0.2) is 23.2 Å². The number of hydrogen-bond donors (Lipinski definition) is 2. The fourth-order valence-corrected chi connectivity index (χ4v) is 0.543. The molecule has 1 aromatic heterocycles. The van der Waals surface area contributed by atoms with Gasteiger partial charge in [0.1, 0.15) is 0 Å². The summed E-state index contributed by atoms with van der Waals surface area (Å²) in [6, 6.07) is 0. The molecule has 10 heavy (non-hydrogen) atoms. The van der Waals surface area contributed by atoms with Crippen LogP contribution in [-0.2, 0) is 0 Å². The minimum atomic E-state index is -2.32. The van der Waals surface area contributed by atoms with Gasteiger partial charge in [0.25, 0.3) is 6.43 Å². The van der Waals surface area contributed by atoms with Crippen LogP contribution in [0.4, 0.5) is 14.5 Å². The lowest BCUT2D eigenvalue weighted by atomic mass is 10.5. The second kappa shape index (κ2) is 3.14. The van der Waals surface area contributed by atoms with Crippen molar-refractivity contribution < 1.29 is 10.2 Å². The third kappa shape index (κ3) is 2.00. The molecule has 1 aromatic rings. The minimum Gasteiger partial charge on any atom is -0.377 e. The van der Waals surface area contributed by atoms with E-state index in [1.807, 2.05) is 0 Å². The van der Waals surface area contributed by atoms with E-state index in [2.05, 4.69) is 15.5 Å². The average molecular weight is 149 g/mol. The molecule has 2 N–H and O–H groups in total. The summed E-state index contributed by atoms with van der Waals surface area (Å²) in [5.74, 6) is 0. The largest absolute Gasteiger partial charge is 0.377 e. The van der Waals surface area contributed by atoms with Crippen LogP contribution >= 0.6 is 0 Å². The van der Waals surface area contributed by atoms with E-state index in [9.17, 15) is 8.78 Å². The van der Waals surface area contributed by atoms with Crippen molar-refractivity contribution >= 4 is 5.69 Å². The number of nitrogens with one attached hydrogen (secondary N) is 2. The zero-order valence-electron chi connectivity index (χ0n) is 5.14. The smallest absolute Gasteiger partial charge is 0.255 e. The number of halogens is 2. The second-order valence-corrected chi connectivity index (χ2v) is 1.76. The zero-order chi connectivity index (χ0) is 7.40. The van der Waals surface area contributed by atoms with Crippen LogP contribution in [0.25, 0.3) is 0 Å². The number of aromatic nitrogens is 2. The third-order valence-electron chi connectivity index (χ3n) is 0.959. The van der Waals surface area contributed by atoms with E-state index in [-0.39, 0.29) is 7.97 Å². The SMILES string of the molecule is FC(F)CNc1cn[nH]c1.[HH]. The van der Waals surface area contributed by atoms with Gasteiger partial charge in [0, 0.05) is 7.62 Å². The molecule has 0 aliphatic heterocycles. The van der Waals surface area contributed by atoms with Gasteiger partial charge < -0.3 is 5.32 Å². The van der Waals surface area contributed by atoms with E-state index < -0.39 is 6.43 Å². The maximum absolute atomic E-state index is 11.5. The molecule has 0 spiro atoms. The van der Waals surface area contributed by atoms with Crippen molar-refractivity contribution in [3.63, 3.8) is 0 Å². The van der Waals surface area contributed by atoms with Crippen LogP contribution in [0.3, 0.4) is 0 Å². The van der Waals surface area contributed by atoms with E-state index in [0.29, 0.717) is 5.69 Å². The third-order valence-corrected chi connectivity index (χ3v) is 0.959. The first-order valence-corrected chi connectivity index (χ1v) is 2.80. The Labute approximate surface area is 57.9 Å². The lowest BCUT2D eigenvalue weighted by Crippen LogP contribution is -2.09. The Morgan fingerprint density at radius 2 is 2.60 bits per heavy atom. The number of rotatable bonds is 3. The molecule has 0 aliphatic rings. The highest BCUT2D eigenvalue weighted by Gasteiger charge is 2.00. The average Bonchev–Trinajstić information content (AvgIpc) is 2.34. The fourth-order valence-electron chi connectivity index (χ4n) is 0.543. The first-order valence-electron chi connectivity index (χ1n) is 2.80. The van der Waals surface area contributed by atoms with Gasteiger partial charge in [-0.2, -0.15) is 5.10 Å². The van der Waals surface area contributed by atoms with Crippen molar-refractivity contribution in [2.24, 2.45) is 0 Å². The lowest BCUT2D eigenvalue weighted by Gasteiger charge is -1.99. The standard InChI is InChI=1S/C5H7F2N3.H2/c6-5(7)3-8-4-1-9-10-2-4;/h1-2,5,8H,3H2,(H,9,10);1H. The molecule has 0 atom stereocenters. The molecule has 5 heteroatoms. The number of H-pyrrole nitrogens is 1. The van der Waals surface area contributed by atoms with E-state index >= 15 is 0 Å². The Kier molecular flexibility index (Phi) is 2.20. The number of hydrogen-bond acceptors (Lipinski definition) is 2. The molecule has 0 fully saturated rings. The molecule has 0 bridgehead atoms. The van der Waals surface area contributed by atoms with E-state index in [1.165, 1.54) is 12.4 Å². The van der Waals surface area contributed by atoms with Gasteiger partial charge in [0.2, 0.25) is 0 Å². The van der Waals surface area contributed by atoms with E-state index in [1.54, 1.807) is 0 Å². The summed E-state index contributed by atoms with van der Waals surface area (Å²) < 4.78 is 23.1. The van der Waals surface area contributed by atoms with Crippen molar-refractivity contribution in [3.8, 4) is 0 Å². The monoisotopic (exact) mass is 149 g/mol. The minimum absolute atomic E-state index is 0. The van der Waals surface area contributed by atoms with Crippen molar-refractivity contribution in [1.82, 2.24) is 10.2 Å². The van der Waals surface area contributed by atoms with Crippen LogP contribution in [0.15, 0.2) is 12.4 Å². The predicted molar refractivity (Wildman–Crippen MR) is 35.2 cm³/mol. The van der Waals surface area contributed by atoms with Gasteiger partial charge in [-0.25, -0.2) is 8.78 Å². The van der Waals surface area contributed by atoms with Crippen molar-refractivity contribution in [1.29, 1.82) is 0 Å². The van der Waals surface area contributed by atoms with Crippen molar-refractivity contribution in [2.75, 3.05) is 11.9 Å². The Morgan fingerprint density at radius 1 is 1.80 bits per heavy atom. The van der Waals surface area contributed by atoms with Gasteiger partial charge in [-0.05, 0) is 0 Å². The molecule has 1 rings (SSSR count). The molecular weight excluding hydrogens is 140 g/mol. The quantitative estimate of drug-likeness (QED) is 0.680. The summed E-state index contributed by atoms with van der Waals surface area (Å²) >= 11 is 0. The molecule has 0 saturated heterocycles. The first-order chi connectivity index (χ1) is 4.79. The lowest BCUT2D eigenvalue weighted by molar-refractivity contribution is 0.163. The Morgan fingerprint density at radius 3 is 3.10 bits per heavy atom. The first kappa shape index (κ1) is 6.98. The summed E-state index contributed by atoms with van der Waals surface area (Å²) in [6.07, 6.45) is 0.639. The van der Waals surface area contributed by atoms with Crippen LogP contribution in [0, 0.1) is 0 Å². The highest BCUT2D eigenvalue weighted by Crippen LogP contribution is 2.01. The number of aromatic amines is 1. The van der Waals surface area contributed by atoms with Crippen LogP contribution in [0.2, 0.25) is 0 Å². The summed E-state index contributed by atoms with van der Waals surface area (Å²) in [6.45, 7) is -0.334. The molecule has 0 unspecified atom stereocenters. The molecular formula is C5H9F2N3. The van der Waals surface area contributed by atoms with Crippen molar-refractivity contribution in [2.45, 2.75) is 6.43 Å². The van der Waals surface area contributed by atoms with Crippen LogP contribution < -0.4 is 5.32 Å². The topological polar surface area (TPSA) is 40.7 Å². The molecule has 58 valence electrons. The number of nitrogens with zero attached hydrogens (tertiary/aromatic N) is 1. The van der Waals surface area contributed by atoms with Crippen molar-refractivity contribution in [3.05, 3.63) is 12.4 Å². The van der Waals surface area contributed by atoms with E-state index in [4.69, 9.17) is 0 Å². The molecule has 1 heterocycles. The maximum atomic E-state index is 11.5. The van der Waals surface area contributed by atoms with Gasteiger partial charge in [0.15, 0.2) is 0 Å². The Bertz CT molecular complexity index is 178. The van der Waals surface area contributed by atoms with Gasteiger partial charge >= 0.3 is 0 Å². The van der Waals surface area contributed by atoms with Gasteiger partial charge in [-0.1, -0.05) is 0 Å². The Balaban J connectivity index is 0.000001000. The van der Waals surface area contributed by atoms with Crippen LogP contribution in [0.5, 0.6) is 0 Å². The molecule has 0 saturated carbocycles. The Hall–Kier alpha value is -1.13. The molecule has 0 radical (unpaired) electrons.